The van der Waals surface area contributed by atoms with Gasteiger partial charge in [0.05, 0.1) is 0 Å². The Balaban J connectivity index is 1.79. The van der Waals surface area contributed by atoms with Crippen LogP contribution in [0.25, 0.3) is 17.2 Å². The molecule has 134 valence electrons. The topological polar surface area (TPSA) is 72.2 Å². The van der Waals surface area contributed by atoms with E-state index in [2.05, 4.69) is 20.4 Å². The Morgan fingerprint density at radius 2 is 1.81 bits per heavy atom. The summed E-state index contributed by atoms with van der Waals surface area (Å²) in [6.45, 7) is 5.51. The van der Waals surface area contributed by atoms with Crippen LogP contribution in [0.4, 0.5) is 11.5 Å². The Morgan fingerprint density at radius 1 is 1.00 bits per heavy atom. The van der Waals surface area contributed by atoms with Gasteiger partial charge in [0, 0.05) is 28.6 Å². The van der Waals surface area contributed by atoms with E-state index in [1.165, 1.54) is 0 Å². The Labute approximate surface area is 156 Å². The third-order valence-corrected chi connectivity index (χ3v) is 4.26. The van der Waals surface area contributed by atoms with Crippen molar-refractivity contribution in [2.24, 2.45) is 0 Å². The fourth-order valence-corrected chi connectivity index (χ4v) is 2.95. The summed E-state index contributed by atoms with van der Waals surface area (Å²) in [5, 5.41) is 7.96. The van der Waals surface area contributed by atoms with Crippen LogP contribution in [0.5, 0.6) is 0 Å². The van der Waals surface area contributed by atoms with Gasteiger partial charge in [-0.25, -0.2) is 4.98 Å². The molecule has 6 heteroatoms. The van der Waals surface area contributed by atoms with Crippen LogP contribution >= 0.6 is 0 Å². The second kappa shape index (κ2) is 6.64. The maximum Gasteiger partial charge on any atom is 0.254 e. The lowest BCUT2D eigenvalue weighted by molar-refractivity contribution is 0.101. The van der Waals surface area contributed by atoms with Gasteiger partial charge in [-0.15, -0.1) is 5.10 Å². The van der Waals surface area contributed by atoms with E-state index in [4.69, 9.17) is 0 Å². The Bertz CT molecular complexity index is 1160. The van der Waals surface area contributed by atoms with Gasteiger partial charge in [-0.05, 0) is 39.0 Å². The highest BCUT2D eigenvalue weighted by Gasteiger charge is 2.12. The van der Waals surface area contributed by atoms with Gasteiger partial charge in [-0.2, -0.15) is 9.50 Å². The average molecular weight is 357 g/mol. The van der Waals surface area contributed by atoms with E-state index in [0.717, 1.165) is 28.3 Å². The number of nitrogens with one attached hydrogen (secondary N) is 1. The Kier molecular flexibility index (Phi) is 4.16. The first-order chi connectivity index (χ1) is 13.0. The molecule has 2 heterocycles. The number of ketones is 1. The maximum absolute atomic E-state index is 11.6. The quantitative estimate of drug-likeness (QED) is 0.550. The number of nitrogens with zero attached hydrogens (tertiary/aromatic N) is 4. The number of hydrogen-bond acceptors (Lipinski definition) is 5. The molecule has 0 aliphatic rings. The molecule has 0 unspecified atom stereocenters. The van der Waals surface area contributed by atoms with Crippen molar-refractivity contribution in [3.63, 3.8) is 0 Å². The van der Waals surface area contributed by atoms with E-state index in [1.54, 1.807) is 17.5 Å². The van der Waals surface area contributed by atoms with Crippen molar-refractivity contribution in [2.75, 3.05) is 5.32 Å². The normalized spacial score (nSPS) is 10.9. The summed E-state index contributed by atoms with van der Waals surface area (Å²) in [5.74, 6) is 1.91. The number of carbonyl (C=O) groups excluding carboxylic acids is 1. The van der Waals surface area contributed by atoms with Gasteiger partial charge < -0.3 is 5.32 Å². The predicted octanol–water partition coefficient (Wildman–Crippen LogP) is 4.35. The van der Waals surface area contributed by atoms with Crippen molar-refractivity contribution < 1.29 is 4.79 Å². The fraction of sp³-hybridized carbons (Fsp3) is 0.143. The van der Waals surface area contributed by atoms with Gasteiger partial charge in [-0.1, -0.05) is 35.9 Å². The Morgan fingerprint density at radius 3 is 2.59 bits per heavy atom. The maximum atomic E-state index is 11.6. The van der Waals surface area contributed by atoms with E-state index >= 15 is 0 Å². The second-order valence-electron chi connectivity index (χ2n) is 6.56. The first-order valence-corrected chi connectivity index (χ1v) is 8.69. The SMILES string of the molecule is CC(=O)c1cccc(Nc2cc(C)nc3nc(-c4cccc(C)c4)nn23)c1. The third kappa shape index (κ3) is 3.42. The van der Waals surface area contributed by atoms with Crippen molar-refractivity contribution in [2.45, 2.75) is 20.8 Å². The number of rotatable bonds is 4. The first-order valence-electron chi connectivity index (χ1n) is 8.69. The van der Waals surface area contributed by atoms with Crippen LogP contribution in [-0.2, 0) is 0 Å². The van der Waals surface area contributed by atoms with Crippen molar-refractivity contribution in [3.05, 3.63) is 71.4 Å². The van der Waals surface area contributed by atoms with Crippen LogP contribution in [0.3, 0.4) is 0 Å². The molecule has 4 rings (SSSR count). The lowest BCUT2D eigenvalue weighted by atomic mass is 10.1. The zero-order valence-electron chi connectivity index (χ0n) is 15.4. The number of benzene rings is 2. The third-order valence-electron chi connectivity index (χ3n) is 4.26. The van der Waals surface area contributed by atoms with Gasteiger partial charge in [0.1, 0.15) is 5.82 Å². The molecule has 0 aliphatic carbocycles. The predicted molar refractivity (Wildman–Crippen MR) is 105 cm³/mol. The highest BCUT2D eigenvalue weighted by atomic mass is 16.1. The Hall–Kier alpha value is -3.54. The van der Waals surface area contributed by atoms with Crippen LogP contribution in [0.1, 0.15) is 28.5 Å². The van der Waals surface area contributed by atoms with E-state index in [-0.39, 0.29) is 5.78 Å². The highest BCUT2D eigenvalue weighted by molar-refractivity contribution is 5.95. The van der Waals surface area contributed by atoms with Crippen LogP contribution in [0.15, 0.2) is 54.6 Å². The monoisotopic (exact) mass is 357 g/mol. The summed E-state index contributed by atoms with van der Waals surface area (Å²) in [5.41, 5.74) is 4.39. The minimum Gasteiger partial charge on any atom is -0.340 e. The minimum absolute atomic E-state index is 0.0252. The molecule has 0 spiro atoms. The second-order valence-corrected chi connectivity index (χ2v) is 6.56. The lowest BCUT2D eigenvalue weighted by Gasteiger charge is -2.09. The van der Waals surface area contributed by atoms with Gasteiger partial charge in [0.15, 0.2) is 11.6 Å². The van der Waals surface area contributed by atoms with Gasteiger partial charge >= 0.3 is 0 Å². The number of aromatic nitrogens is 4. The first kappa shape index (κ1) is 16.9. The number of fused-ring (bicyclic) bond motifs is 1. The van der Waals surface area contributed by atoms with Crippen LogP contribution in [-0.4, -0.2) is 25.4 Å². The molecule has 2 aromatic carbocycles. The zero-order chi connectivity index (χ0) is 19.0. The van der Waals surface area contributed by atoms with E-state index in [1.807, 2.05) is 62.4 Å². The molecule has 0 saturated heterocycles. The van der Waals surface area contributed by atoms with E-state index < -0.39 is 0 Å². The summed E-state index contributed by atoms with van der Waals surface area (Å²) < 4.78 is 1.69. The van der Waals surface area contributed by atoms with Crippen molar-refractivity contribution in [1.82, 2.24) is 19.6 Å². The highest BCUT2D eigenvalue weighted by Crippen LogP contribution is 2.22. The molecule has 0 amide bonds. The number of aryl methyl sites for hydroxylation is 2. The molecule has 4 aromatic rings. The van der Waals surface area contributed by atoms with Crippen molar-refractivity contribution in [3.8, 4) is 11.4 Å². The summed E-state index contributed by atoms with van der Waals surface area (Å²) in [6, 6.07) is 17.3. The standard InChI is InChI=1S/C21H19N5O/c1-13-6-4-8-17(10-13)20-24-21-22-14(2)11-19(26(21)25-20)23-18-9-5-7-16(12-18)15(3)27/h4-12,23H,1-3H3. The van der Waals surface area contributed by atoms with Gasteiger partial charge in [0.2, 0.25) is 0 Å². The van der Waals surface area contributed by atoms with Crippen LogP contribution in [0, 0.1) is 13.8 Å². The number of hydrogen-bond donors (Lipinski definition) is 1. The molecule has 0 atom stereocenters. The molecule has 0 saturated carbocycles. The van der Waals surface area contributed by atoms with Crippen LogP contribution < -0.4 is 5.32 Å². The molecule has 0 fully saturated rings. The molecule has 1 N–H and O–H groups in total. The van der Waals surface area contributed by atoms with Gasteiger partial charge in [-0.3, -0.25) is 4.79 Å². The summed E-state index contributed by atoms with van der Waals surface area (Å²) in [4.78, 5) is 20.7. The van der Waals surface area contributed by atoms with Crippen molar-refractivity contribution in [1.29, 1.82) is 0 Å². The van der Waals surface area contributed by atoms with Gasteiger partial charge in [0.25, 0.3) is 5.78 Å². The fourth-order valence-electron chi connectivity index (χ4n) is 2.95. The smallest absolute Gasteiger partial charge is 0.254 e. The molecule has 2 aromatic heterocycles. The average Bonchev–Trinajstić information content (AvgIpc) is 3.06. The molecule has 0 bridgehead atoms. The molecule has 27 heavy (non-hydrogen) atoms. The summed E-state index contributed by atoms with van der Waals surface area (Å²) in [6.07, 6.45) is 0. The van der Waals surface area contributed by atoms with Crippen LogP contribution in [0.2, 0.25) is 0 Å². The molecular formula is C21H19N5O. The largest absolute Gasteiger partial charge is 0.340 e. The summed E-state index contributed by atoms with van der Waals surface area (Å²) in [7, 11) is 0. The number of anilines is 2. The summed E-state index contributed by atoms with van der Waals surface area (Å²) >= 11 is 0. The zero-order valence-corrected chi connectivity index (χ0v) is 15.4. The lowest BCUT2D eigenvalue weighted by Crippen LogP contribution is -2.03. The molecule has 6 nitrogen and oxygen atoms in total. The molecular weight excluding hydrogens is 338 g/mol. The van der Waals surface area contributed by atoms with E-state index in [0.29, 0.717) is 17.2 Å². The van der Waals surface area contributed by atoms with Crippen molar-refractivity contribution >= 4 is 23.1 Å². The minimum atomic E-state index is 0.0252. The van der Waals surface area contributed by atoms with E-state index in [9.17, 15) is 4.79 Å². The molecule has 0 aliphatic heterocycles. The molecule has 0 radical (unpaired) electrons. The number of carbonyl (C=O) groups is 1. The number of Topliss-reactive ketones (excluding diaryl/α,β-unsaturated/α-hetero) is 1.